The molecule has 0 amide bonds. The zero-order valence-corrected chi connectivity index (χ0v) is 13.1. The van der Waals surface area contributed by atoms with Crippen LogP contribution in [0.25, 0.3) is 0 Å². The fourth-order valence-electron chi connectivity index (χ4n) is 1.95. The van der Waals surface area contributed by atoms with Gasteiger partial charge in [0, 0.05) is 27.1 Å². The lowest BCUT2D eigenvalue weighted by Crippen LogP contribution is -2.06. The Balaban J connectivity index is 2.21. The van der Waals surface area contributed by atoms with Crippen molar-refractivity contribution < 1.29 is 4.79 Å². The molecule has 0 saturated carbocycles. The van der Waals surface area contributed by atoms with Crippen LogP contribution in [0.4, 0.5) is 0 Å². The highest BCUT2D eigenvalue weighted by Crippen LogP contribution is 2.30. The first kappa shape index (κ1) is 15.9. The van der Waals surface area contributed by atoms with Crippen LogP contribution in [-0.4, -0.2) is 5.78 Å². The molecule has 0 aromatic heterocycles. The van der Waals surface area contributed by atoms with Gasteiger partial charge < -0.3 is 0 Å². The lowest BCUT2D eigenvalue weighted by atomic mass is 9.93. The summed E-state index contributed by atoms with van der Waals surface area (Å²) in [6.07, 6.45) is 0.0550. The maximum Gasteiger partial charge on any atom is 0.164 e. The van der Waals surface area contributed by atoms with Crippen molar-refractivity contribution in [3.63, 3.8) is 0 Å². The van der Waals surface area contributed by atoms with Crippen LogP contribution in [0.3, 0.4) is 0 Å². The number of hydrogen-bond donors (Lipinski definition) is 0. The Morgan fingerprint density at radius 1 is 1.05 bits per heavy atom. The van der Waals surface area contributed by atoms with Crippen molar-refractivity contribution in [1.82, 2.24) is 0 Å². The van der Waals surface area contributed by atoms with Gasteiger partial charge in [-0.1, -0.05) is 40.9 Å². The van der Waals surface area contributed by atoms with E-state index in [2.05, 4.69) is 6.07 Å². The molecule has 2 aromatic carbocycles. The summed E-state index contributed by atoms with van der Waals surface area (Å²) in [5.74, 6) is -0.748. The van der Waals surface area contributed by atoms with Crippen LogP contribution in [0.5, 0.6) is 0 Å². The number of rotatable bonds is 4. The maximum atomic E-state index is 12.2. The number of Topliss-reactive ketones (excluding diaryl/α,β-unsaturated/α-hetero) is 1. The van der Waals surface area contributed by atoms with E-state index in [9.17, 15) is 10.1 Å². The molecule has 0 spiro atoms. The van der Waals surface area contributed by atoms with Crippen LogP contribution in [0.15, 0.2) is 42.5 Å². The van der Waals surface area contributed by atoms with Crippen molar-refractivity contribution in [2.24, 2.45) is 0 Å². The van der Waals surface area contributed by atoms with Gasteiger partial charge in [-0.3, -0.25) is 4.79 Å². The molecule has 2 nitrogen and oxygen atoms in total. The number of ketones is 1. The lowest BCUT2D eigenvalue weighted by molar-refractivity contribution is 0.0979. The van der Waals surface area contributed by atoms with Crippen molar-refractivity contribution >= 4 is 40.6 Å². The number of nitrogens with zero attached hydrogens (tertiary/aromatic N) is 1. The average molecular weight is 339 g/mol. The normalized spacial score (nSPS) is 11.7. The molecule has 0 aliphatic heterocycles. The number of benzene rings is 2. The van der Waals surface area contributed by atoms with Crippen molar-refractivity contribution in [1.29, 1.82) is 5.26 Å². The number of carbonyl (C=O) groups is 1. The third kappa shape index (κ3) is 3.98. The molecule has 1 unspecified atom stereocenters. The first-order valence-electron chi connectivity index (χ1n) is 6.14. The second-order valence-corrected chi connectivity index (χ2v) is 5.76. The number of carbonyl (C=O) groups excluding carboxylic acids is 1. The van der Waals surface area contributed by atoms with E-state index in [0.717, 1.165) is 0 Å². The summed E-state index contributed by atoms with van der Waals surface area (Å²) in [6, 6.07) is 13.6. The summed E-state index contributed by atoms with van der Waals surface area (Å²) in [6.45, 7) is 0. The molecular formula is C16H10Cl3NO. The van der Waals surface area contributed by atoms with E-state index in [1.165, 1.54) is 0 Å². The minimum Gasteiger partial charge on any atom is -0.294 e. The maximum absolute atomic E-state index is 12.2. The Bertz CT molecular complexity index is 704. The predicted octanol–water partition coefficient (Wildman–Crippen LogP) is 5.53. The molecule has 2 rings (SSSR count). The van der Waals surface area contributed by atoms with E-state index < -0.39 is 5.92 Å². The fourth-order valence-corrected chi connectivity index (χ4v) is 2.61. The third-order valence-electron chi connectivity index (χ3n) is 3.05. The van der Waals surface area contributed by atoms with Crippen LogP contribution in [0.1, 0.15) is 28.3 Å². The first-order valence-corrected chi connectivity index (χ1v) is 7.28. The van der Waals surface area contributed by atoms with Gasteiger partial charge in [0.15, 0.2) is 5.78 Å². The Morgan fingerprint density at radius 3 is 2.24 bits per heavy atom. The van der Waals surface area contributed by atoms with Crippen LogP contribution in [-0.2, 0) is 0 Å². The molecule has 0 fully saturated rings. The van der Waals surface area contributed by atoms with Gasteiger partial charge >= 0.3 is 0 Å². The van der Waals surface area contributed by atoms with E-state index in [-0.39, 0.29) is 12.2 Å². The van der Waals surface area contributed by atoms with Crippen molar-refractivity contribution in [2.45, 2.75) is 12.3 Å². The molecular weight excluding hydrogens is 329 g/mol. The first-order chi connectivity index (χ1) is 10.0. The quantitative estimate of drug-likeness (QED) is 0.688. The van der Waals surface area contributed by atoms with Gasteiger partial charge in [0.05, 0.1) is 12.0 Å². The summed E-state index contributed by atoms with van der Waals surface area (Å²) < 4.78 is 0. The molecule has 5 heteroatoms. The third-order valence-corrected chi connectivity index (χ3v) is 3.86. The number of hydrogen-bond acceptors (Lipinski definition) is 2. The van der Waals surface area contributed by atoms with E-state index in [1.54, 1.807) is 42.5 Å². The monoisotopic (exact) mass is 337 g/mol. The van der Waals surface area contributed by atoms with Gasteiger partial charge in [0.1, 0.15) is 0 Å². The van der Waals surface area contributed by atoms with Gasteiger partial charge in [-0.05, 0) is 42.0 Å². The van der Waals surface area contributed by atoms with Gasteiger partial charge in [-0.25, -0.2) is 0 Å². The number of halogens is 3. The molecule has 0 saturated heterocycles. The van der Waals surface area contributed by atoms with E-state index >= 15 is 0 Å². The summed E-state index contributed by atoms with van der Waals surface area (Å²) >= 11 is 17.7. The van der Waals surface area contributed by atoms with Crippen LogP contribution < -0.4 is 0 Å². The van der Waals surface area contributed by atoms with Crippen LogP contribution in [0.2, 0.25) is 15.1 Å². The van der Waals surface area contributed by atoms with Gasteiger partial charge in [-0.2, -0.15) is 5.26 Å². The van der Waals surface area contributed by atoms with Crippen molar-refractivity contribution in [3.8, 4) is 6.07 Å². The molecule has 21 heavy (non-hydrogen) atoms. The predicted molar refractivity (Wildman–Crippen MR) is 85.2 cm³/mol. The highest BCUT2D eigenvalue weighted by molar-refractivity contribution is 6.35. The second kappa shape index (κ2) is 6.95. The molecule has 0 heterocycles. The Morgan fingerprint density at radius 2 is 1.67 bits per heavy atom. The van der Waals surface area contributed by atoms with Crippen molar-refractivity contribution in [2.75, 3.05) is 0 Å². The standard InChI is InChI=1S/C16H10Cl3NO/c17-12-3-1-10(2-4-12)16(21)7-11(9-20)14-6-5-13(18)8-15(14)19/h1-6,8,11H,7H2. The van der Waals surface area contributed by atoms with Gasteiger partial charge in [0.25, 0.3) is 0 Å². The van der Waals surface area contributed by atoms with Gasteiger partial charge in [0.2, 0.25) is 0 Å². The van der Waals surface area contributed by atoms with E-state index in [4.69, 9.17) is 34.8 Å². The molecule has 106 valence electrons. The summed E-state index contributed by atoms with van der Waals surface area (Å²) in [5.41, 5.74) is 1.12. The van der Waals surface area contributed by atoms with Crippen molar-refractivity contribution in [3.05, 3.63) is 68.7 Å². The summed E-state index contributed by atoms with van der Waals surface area (Å²) in [5, 5.41) is 10.7. The smallest absolute Gasteiger partial charge is 0.164 e. The zero-order chi connectivity index (χ0) is 15.4. The molecule has 0 aliphatic rings. The minimum absolute atomic E-state index is 0.0550. The molecule has 2 aromatic rings. The lowest BCUT2D eigenvalue weighted by Gasteiger charge is -2.11. The molecule has 0 bridgehead atoms. The van der Waals surface area contributed by atoms with E-state index in [0.29, 0.717) is 26.2 Å². The van der Waals surface area contributed by atoms with Crippen LogP contribution >= 0.6 is 34.8 Å². The fraction of sp³-hybridized carbons (Fsp3) is 0.125. The van der Waals surface area contributed by atoms with E-state index in [1.807, 2.05) is 0 Å². The molecule has 0 N–H and O–H groups in total. The SMILES string of the molecule is N#CC(CC(=O)c1ccc(Cl)cc1)c1ccc(Cl)cc1Cl. The zero-order valence-electron chi connectivity index (χ0n) is 10.8. The number of nitriles is 1. The van der Waals surface area contributed by atoms with Crippen LogP contribution in [0, 0.1) is 11.3 Å². The average Bonchev–Trinajstić information content (AvgIpc) is 2.46. The summed E-state index contributed by atoms with van der Waals surface area (Å²) in [7, 11) is 0. The molecule has 0 aliphatic carbocycles. The highest BCUT2D eigenvalue weighted by atomic mass is 35.5. The molecule has 0 radical (unpaired) electrons. The summed E-state index contributed by atoms with van der Waals surface area (Å²) in [4.78, 5) is 12.2. The Kier molecular flexibility index (Phi) is 5.25. The largest absolute Gasteiger partial charge is 0.294 e. The second-order valence-electron chi connectivity index (χ2n) is 4.48. The van der Waals surface area contributed by atoms with Gasteiger partial charge in [-0.15, -0.1) is 0 Å². The molecule has 1 atom stereocenters. The topological polar surface area (TPSA) is 40.9 Å². The Hall–Kier alpha value is -1.53. The highest BCUT2D eigenvalue weighted by Gasteiger charge is 2.19. The minimum atomic E-state index is -0.613. The Labute approximate surface area is 137 Å².